The standard InChI is InChI=1S/C17H29NO3/c1-2-15-13(11-19)5-9-18(15)16(20)10-14-4-8-17(12-21-14)6-3-7-17/h13-15,19H,2-12H2,1H3. The molecule has 2 heterocycles. The topological polar surface area (TPSA) is 49.8 Å². The molecule has 1 saturated carbocycles. The highest BCUT2D eigenvalue weighted by molar-refractivity contribution is 5.77. The maximum absolute atomic E-state index is 12.6. The van der Waals surface area contributed by atoms with Crippen molar-refractivity contribution in [1.82, 2.24) is 4.90 Å². The maximum Gasteiger partial charge on any atom is 0.225 e. The Kier molecular flexibility index (Phi) is 4.55. The number of aliphatic hydroxyl groups excluding tert-OH is 1. The summed E-state index contributed by atoms with van der Waals surface area (Å²) in [5.74, 6) is 0.497. The Labute approximate surface area is 127 Å². The van der Waals surface area contributed by atoms with Crippen LogP contribution in [0.4, 0.5) is 0 Å². The average molecular weight is 295 g/mol. The second-order valence-electron chi connectivity index (χ2n) is 7.32. The van der Waals surface area contributed by atoms with Crippen LogP contribution in [0, 0.1) is 11.3 Å². The zero-order chi connectivity index (χ0) is 14.9. The number of nitrogens with zero attached hydrogens (tertiary/aromatic N) is 1. The smallest absolute Gasteiger partial charge is 0.225 e. The lowest BCUT2D eigenvalue weighted by Gasteiger charge is -2.46. The molecule has 1 aliphatic carbocycles. The molecular formula is C17H29NO3. The molecule has 21 heavy (non-hydrogen) atoms. The zero-order valence-electron chi connectivity index (χ0n) is 13.2. The predicted molar refractivity (Wildman–Crippen MR) is 80.9 cm³/mol. The van der Waals surface area contributed by atoms with Crippen LogP contribution in [0.2, 0.25) is 0 Å². The van der Waals surface area contributed by atoms with Crippen LogP contribution in [0.15, 0.2) is 0 Å². The van der Waals surface area contributed by atoms with E-state index in [0.29, 0.717) is 11.8 Å². The van der Waals surface area contributed by atoms with Gasteiger partial charge in [-0.2, -0.15) is 0 Å². The molecule has 2 saturated heterocycles. The summed E-state index contributed by atoms with van der Waals surface area (Å²) in [4.78, 5) is 14.6. The van der Waals surface area contributed by atoms with E-state index in [2.05, 4.69) is 6.92 Å². The summed E-state index contributed by atoms with van der Waals surface area (Å²) in [6.45, 7) is 3.97. The SMILES string of the molecule is CCC1C(CO)CCN1C(=O)CC1CCC2(CCC2)CO1. The van der Waals surface area contributed by atoms with Crippen molar-refractivity contribution >= 4 is 5.91 Å². The van der Waals surface area contributed by atoms with Crippen molar-refractivity contribution in [2.75, 3.05) is 19.8 Å². The fourth-order valence-electron chi connectivity index (χ4n) is 4.46. The highest BCUT2D eigenvalue weighted by Gasteiger charge is 2.42. The van der Waals surface area contributed by atoms with Gasteiger partial charge in [-0.3, -0.25) is 4.79 Å². The minimum absolute atomic E-state index is 0.120. The Morgan fingerprint density at radius 1 is 1.33 bits per heavy atom. The molecule has 4 heteroatoms. The fourth-order valence-corrected chi connectivity index (χ4v) is 4.46. The molecule has 120 valence electrons. The van der Waals surface area contributed by atoms with E-state index in [1.54, 1.807) is 0 Å². The third-order valence-electron chi connectivity index (χ3n) is 6.10. The third-order valence-corrected chi connectivity index (χ3v) is 6.10. The Hall–Kier alpha value is -0.610. The van der Waals surface area contributed by atoms with Gasteiger partial charge < -0.3 is 14.7 Å². The number of ether oxygens (including phenoxy) is 1. The lowest BCUT2D eigenvalue weighted by atomic mass is 9.65. The molecule has 3 unspecified atom stereocenters. The predicted octanol–water partition coefficient (Wildman–Crippen LogP) is 2.35. The second kappa shape index (κ2) is 6.25. The zero-order valence-corrected chi connectivity index (χ0v) is 13.2. The molecule has 3 rings (SSSR count). The lowest BCUT2D eigenvalue weighted by Crippen LogP contribution is -2.44. The van der Waals surface area contributed by atoms with Gasteiger partial charge >= 0.3 is 0 Å². The van der Waals surface area contributed by atoms with Crippen LogP contribution in [-0.4, -0.2) is 47.8 Å². The Morgan fingerprint density at radius 2 is 2.14 bits per heavy atom. The number of rotatable bonds is 4. The van der Waals surface area contributed by atoms with E-state index in [1.807, 2.05) is 4.90 Å². The first-order valence-corrected chi connectivity index (χ1v) is 8.69. The van der Waals surface area contributed by atoms with Gasteiger partial charge in [0.25, 0.3) is 0 Å². The summed E-state index contributed by atoms with van der Waals surface area (Å²) in [7, 11) is 0. The van der Waals surface area contributed by atoms with Crippen LogP contribution in [0.5, 0.6) is 0 Å². The number of hydrogen-bond donors (Lipinski definition) is 1. The van der Waals surface area contributed by atoms with E-state index in [1.165, 1.54) is 25.7 Å². The van der Waals surface area contributed by atoms with Gasteiger partial charge in [0.05, 0.1) is 19.1 Å². The van der Waals surface area contributed by atoms with Crippen LogP contribution in [-0.2, 0) is 9.53 Å². The monoisotopic (exact) mass is 295 g/mol. The lowest BCUT2D eigenvalue weighted by molar-refractivity contribution is -0.142. The van der Waals surface area contributed by atoms with Gasteiger partial charge in [0.2, 0.25) is 5.91 Å². The van der Waals surface area contributed by atoms with Gasteiger partial charge in [-0.15, -0.1) is 0 Å². The van der Waals surface area contributed by atoms with Gasteiger partial charge in [0.1, 0.15) is 0 Å². The van der Waals surface area contributed by atoms with Crippen LogP contribution in [0.3, 0.4) is 0 Å². The van der Waals surface area contributed by atoms with Crippen molar-refractivity contribution in [3.63, 3.8) is 0 Å². The van der Waals surface area contributed by atoms with Crippen molar-refractivity contribution in [2.45, 2.75) is 70.4 Å². The largest absolute Gasteiger partial charge is 0.396 e. The average Bonchev–Trinajstić information content (AvgIpc) is 2.89. The quantitative estimate of drug-likeness (QED) is 0.866. The molecule has 3 fully saturated rings. The van der Waals surface area contributed by atoms with Gasteiger partial charge in [0, 0.05) is 25.1 Å². The van der Waals surface area contributed by atoms with Crippen molar-refractivity contribution in [1.29, 1.82) is 0 Å². The Bertz CT molecular complexity index is 370. The summed E-state index contributed by atoms with van der Waals surface area (Å²) >= 11 is 0. The molecule has 0 bridgehead atoms. The summed E-state index contributed by atoms with van der Waals surface area (Å²) in [5.41, 5.74) is 0.473. The third kappa shape index (κ3) is 2.98. The van der Waals surface area contributed by atoms with Crippen LogP contribution in [0.25, 0.3) is 0 Å². The van der Waals surface area contributed by atoms with Crippen molar-refractivity contribution in [2.24, 2.45) is 11.3 Å². The summed E-state index contributed by atoms with van der Waals surface area (Å²) in [6, 6.07) is 0.226. The van der Waals surface area contributed by atoms with E-state index in [0.717, 1.165) is 32.4 Å². The van der Waals surface area contributed by atoms with Crippen molar-refractivity contribution in [3.8, 4) is 0 Å². The summed E-state index contributed by atoms with van der Waals surface area (Å²) in [6.07, 6.45) is 8.79. The van der Waals surface area contributed by atoms with E-state index < -0.39 is 0 Å². The molecule has 1 amide bonds. The number of likely N-dealkylation sites (tertiary alicyclic amines) is 1. The molecule has 0 aromatic carbocycles. The number of amides is 1. The number of aliphatic hydroxyl groups is 1. The number of hydrogen-bond acceptors (Lipinski definition) is 3. The molecule has 0 radical (unpaired) electrons. The van der Waals surface area contributed by atoms with E-state index in [9.17, 15) is 9.90 Å². The van der Waals surface area contributed by atoms with E-state index >= 15 is 0 Å². The van der Waals surface area contributed by atoms with Gasteiger partial charge in [0.15, 0.2) is 0 Å². The van der Waals surface area contributed by atoms with Gasteiger partial charge in [-0.25, -0.2) is 0 Å². The minimum Gasteiger partial charge on any atom is -0.396 e. The normalized spacial score (nSPS) is 35.0. The van der Waals surface area contributed by atoms with Gasteiger partial charge in [-0.05, 0) is 43.9 Å². The first-order chi connectivity index (χ1) is 10.2. The van der Waals surface area contributed by atoms with E-state index in [-0.39, 0.29) is 30.6 Å². The van der Waals surface area contributed by atoms with Crippen LogP contribution < -0.4 is 0 Å². The summed E-state index contributed by atoms with van der Waals surface area (Å²) in [5, 5.41) is 9.42. The molecule has 0 aromatic rings. The highest BCUT2D eigenvalue weighted by atomic mass is 16.5. The fraction of sp³-hybridized carbons (Fsp3) is 0.941. The van der Waals surface area contributed by atoms with E-state index in [4.69, 9.17) is 4.74 Å². The summed E-state index contributed by atoms with van der Waals surface area (Å²) < 4.78 is 5.99. The Balaban J connectivity index is 1.50. The first-order valence-electron chi connectivity index (χ1n) is 8.69. The van der Waals surface area contributed by atoms with Gasteiger partial charge in [-0.1, -0.05) is 13.3 Å². The van der Waals surface area contributed by atoms with Crippen molar-refractivity contribution < 1.29 is 14.6 Å². The molecule has 3 atom stereocenters. The van der Waals surface area contributed by atoms with Crippen molar-refractivity contribution in [3.05, 3.63) is 0 Å². The van der Waals surface area contributed by atoms with Crippen LogP contribution in [0.1, 0.15) is 58.3 Å². The Morgan fingerprint density at radius 3 is 2.67 bits per heavy atom. The molecule has 2 aliphatic heterocycles. The highest BCUT2D eigenvalue weighted by Crippen LogP contribution is 2.48. The molecule has 3 aliphatic rings. The molecule has 4 nitrogen and oxygen atoms in total. The maximum atomic E-state index is 12.6. The number of carbonyl (C=O) groups is 1. The second-order valence-corrected chi connectivity index (χ2v) is 7.32. The minimum atomic E-state index is 0.120. The molecular weight excluding hydrogens is 266 g/mol. The molecule has 0 aromatic heterocycles. The number of carbonyl (C=O) groups excluding carboxylic acids is 1. The molecule has 1 N–H and O–H groups in total. The van der Waals surface area contributed by atoms with Crippen LogP contribution >= 0.6 is 0 Å². The molecule has 1 spiro atoms. The first kappa shape index (κ1) is 15.3.